The third-order valence-corrected chi connectivity index (χ3v) is 7.77. The first kappa shape index (κ1) is 25.2. The molecule has 0 aliphatic carbocycles. The van der Waals surface area contributed by atoms with E-state index in [0.29, 0.717) is 18.8 Å². The molecular formula is C26H31N3O5S. The summed E-state index contributed by atoms with van der Waals surface area (Å²) in [6.45, 7) is 3.12. The van der Waals surface area contributed by atoms with Crippen LogP contribution in [-0.2, 0) is 23.9 Å². The molecule has 2 aliphatic rings. The minimum Gasteiger partial charge on any atom is -0.467 e. The van der Waals surface area contributed by atoms with E-state index in [2.05, 4.69) is 58.3 Å². The van der Waals surface area contributed by atoms with E-state index in [1.165, 1.54) is 42.0 Å². The second-order valence-electron chi connectivity index (χ2n) is 8.58. The predicted molar refractivity (Wildman–Crippen MR) is 134 cm³/mol. The average Bonchev–Trinajstić information content (AvgIpc) is 3.36. The first-order valence-corrected chi connectivity index (χ1v) is 12.7. The summed E-state index contributed by atoms with van der Waals surface area (Å²) in [6, 6.07) is 20.2. The fourth-order valence-electron chi connectivity index (χ4n) is 4.75. The molecule has 2 aromatic rings. The van der Waals surface area contributed by atoms with Crippen molar-refractivity contribution in [3.8, 4) is 0 Å². The van der Waals surface area contributed by atoms with Crippen LogP contribution in [0.25, 0.3) is 0 Å². The summed E-state index contributed by atoms with van der Waals surface area (Å²) in [7, 11) is 2.57. The fourth-order valence-corrected chi connectivity index (χ4v) is 6.07. The Hall–Kier alpha value is -2.88. The number of rotatable bonds is 7. The molecule has 0 radical (unpaired) electrons. The van der Waals surface area contributed by atoms with Gasteiger partial charge in [-0.3, -0.25) is 14.6 Å². The van der Waals surface area contributed by atoms with Crippen LogP contribution >= 0.6 is 11.8 Å². The molecule has 8 nitrogen and oxygen atoms in total. The van der Waals surface area contributed by atoms with Gasteiger partial charge in [0.2, 0.25) is 5.91 Å². The summed E-state index contributed by atoms with van der Waals surface area (Å²) in [4.78, 5) is 43.7. The van der Waals surface area contributed by atoms with Crippen molar-refractivity contribution >= 4 is 29.6 Å². The largest absolute Gasteiger partial charge is 0.467 e. The van der Waals surface area contributed by atoms with Gasteiger partial charge in [0.15, 0.2) is 5.37 Å². The molecule has 4 rings (SSSR count). The van der Waals surface area contributed by atoms with Crippen LogP contribution in [0.5, 0.6) is 0 Å². The number of carbonyl (C=O) groups is 3. The highest BCUT2D eigenvalue weighted by Gasteiger charge is 2.46. The van der Waals surface area contributed by atoms with Gasteiger partial charge in [0.05, 0.1) is 26.8 Å². The van der Waals surface area contributed by atoms with E-state index in [1.807, 2.05) is 12.1 Å². The standard InChI is InChI=1S/C26H31N3O5S/c1-33-25(31)21-18-35-24(26(32)34-2)29(21)22(30)17-27-13-15-28(16-14-27)23(19-9-5-3-6-10-19)20-11-7-4-8-12-20/h3-12,21,23-24H,13-18H2,1-2H3/t21-,24-/m1/s1. The van der Waals surface area contributed by atoms with Crippen LogP contribution in [0.15, 0.2) is 60.7 Å². The lowest BCUT2D eigenvalue weighted by molar-refractivity contribution is -0.157. The maximum absolute atomic E-state index is 13.3. The molecule has 0 spiro atoms. The van der Waals surface area contributed by atoms with E-state index >= 15 is 0 Å². The molecule has 2 heterocycles. The molecule has 1 amide bonds. The Kier molecular flexibility index (Phi) is 8.43. The Bertz CT molecular complexity index is 951. The average molecular weight is 498 g/mol. The minimum absolute atomic E-state index is 0.136. The van der Waals surface area contributed by atoms with E-state index in [4.69, 9.17) is 9.47 Å². The zero-order chi connectivity index (χ0) is 24.8. The van der Waals surface area contributed by atoms with Gasteiger partial charge in [-0.25, -0.2) is 9.59 Å². The highest BCUT2D eigenvalue weighted by atomic mass is 32.2. The number of hydrogen-bond acceptors (Lipinski definition) is 8. The molecule has 35 heavy (non-hydrogen) atoms. The maximum Gasteiger partial charge on any atom is 0.339 e. The number of esters is 2. The number of hydrogen-bond donors (Lipinski definition) is 0. The highest BCUT2D eigenvalue weighted by molar-refractivity contribution is 8.00. The third-order valence-electron chi connectivity index (χ3n) is 6.53. The number of methoxy groups -OCH3 is 2. The number of benzene rings is 2. The molecule has 9 heteroatoms. The Morgan fingerprint density at radius 1 is 0.857 bits per heavy atom. The first-order valence-electron chi connectivity index (χ1n) is 11.7. The van der Waals surface area contributed by atoms with Crippen LogP contribution in [0.1, 0.15) is 17.2 Å². The van der Waals surface area contributed by atoms with Crippen molar-refractivity contribution in [2.24, 2.45) is 0 Å². The van der Waals surface area contributed by atoms with Gasteiger partial charge in [0.25, 0.3) is 0 Å². The lowest BCUT2D eigenvalue weighted by atomic mass is 9.96. The van der Waals surface area contributed by atoms with Crippen LogP contribution in [0.4, 0.5) is 0 Å². The molecule has 0 N–H and O–H groups in total. The summed E-state index contributed by atoms with van der Waals surface area (Å²) in [5, 5.41) is -0.835. The van der Waals surface area contributed by atoms with Gasteiger partial charge in [-0.1, -0.05) is 60.7 Å². The molecular weight excluding hydrogens is 466 g/mol. The number of ether oxygens (including phenoxy) is 2. The molecule has 0 unspecified atom stereocenters. The summed E-state index contributed by atoms with van der Waals surface area (Å²) in [5.74, 6) is -1.01. The molecule has 186 valence electrons. The smallest absolute Gasteiger partial charge is 0.339 e. The van der Waals surface area contributed by atoms with Gasteiger partial charge in [0, 0.05) is 31.9 Å². The number of amides is 1. The molecule has 2 saturated heterocycles. The first-order chi connectivity index (χ1) is 17.0. The Morgan fingerprint density at radius 3 is 1.91 bits per heavy atom. The van der Waals surface area contributed by atoms with Crippen molar-refractivity contribution in [3.63, 3.8) is 0 Å². The van der Waals surface area contributed by atoms with Crippen molar-refractivity contribution in [2.45, 2.75) is 17.5 Å². The van der Waals surface area contributed by atoms with E-state index in [0.717, 1.165) is 13.1 Å². The van der Waals surface area contributed by atoms with E-state index in [1.54, 1.807) is 0 Å². The SMILES string of the molecule is COC(=O)[C@H]1CS[C@H](C(=O)OC)N1C(=O)CN1CCN(C(c2ccccc2)c2ccccc2)CC1. The van der Waals surface area contributed by atoms with E-state index < -0.39 is 23.4 Å². The topological polar surface area (TPSA) is 79.4 Å². The van der Waals surface area contributed by atoms with E-state index in [9.17, 15) is 14.4 Å². The second-order valence-corrected chi connectivity index (χ2v) is 9.70. The van der Waals surface area contributed by atoms with Crippen LogP contribution in [0.3, 0.4) is 0 Å². The lowest BCUT2D eigenvalue weighted by Gasteiger charge is -2.40. The zero-order valence-corrected chi connectivity index (χ0v) is 20.9. The van der Waals surface area contributed by atoms with Crippen molar-refractivity contribution in [1.29, 1.82) is 0 Å². The number of nitrogens with zero attached hydrogens (tertiary/aromatic N) is 3. The van der Waals surface area contributed by atoms with Crippen LogP contribution in [0, 0.1) is 0 Å². The van der Waals surface area contributed by atoms with E-state index in [-0.39, 0.29) is 18.5 Å². The molecule has 0 saturated carbocycles. The Balaban J connectivity index is 1.43. The molecule has 2 aliphatic heterocycles. The van der Waals surface area contributed by atoms with Gasteiger partial charge in [-0.15, -0.1) is 11.8 Å². The van der Waals surface area contributed by atoms with Gasteiger partial charge in [0.1, 0.15) is 6.04 Å². The number of piperazine rings is 1. The van der Waals surface area contributed by atoms with Crippen molar-refractivity contribution in [3.05, 3.63) is 71.8 Å². The van der Waals surface area contributed by atoms with Gasteiger partial charge in [-0.2, -0.15) is 0 Å². The third kappa shape index (κ3) is 5.69. The van der Waals surface area contributed by atoms with Gasteiger partial charge in [-0.05, 0) is 11.1 Å². The summed E-state index contributed by atoms with van der Waals surface area (Å²) >= 11 is 1.23. The van der Waals surface area contributed by atoms with Crippen molar-refractivity contribution in [2.75, 3.05) is 52.7 Å². The Morgan fingerprint density at radius 2 is 1.40 bits per heavy atom. The highest BCUT2D eigenvalue weighted by Crippen LogP contribution is 2.32. The monoisotopic (exact) mass is 497 g/mol. The number of thioether (sulfide) groups is 1. The van der Waals surface area contributed by atoms with Gasteiger partial charge >= 0.3 is 11.9 Å². The summed E-state index contributed by atoms with van der Waals surface area (Å²) in [5.41, 5.74) is 2.47. The molecule has 2 fully saturated rings. The van der Waals surface area contributed by atoms with Crippen molar-refractivity contribution in [1.82, 2.24) is 14.7 Å². The van der Waals surface area contributed by atoms with Crippen molar-refractivity contribution < 1.29 is 23.9 Å². The van der Waals surface area contributed by atoms with Crippen LogP contribution < -0.4 is 0 Å². The maximum atomic E-state index is 13.3. The van der Waals surface area contributed by atoms with Crippen LogP contribution in [0.2, 0.25) is 0 Å². The fraction of sp³-hybridized carbons (Fsp3) is 0.423. The second kappa shape index (κ2) is 11.7. The Labute approximate surface area is 210 Å². The summed E-state index contributed by atoms with van der Waals surface area (Å²) < 4.78 is 9.74. The lowest BCUT2D eigenvalue weighted by Crippen LogP contribution is -2.55. The van der Waals surface area contributed by atoms with Crippen LogP contribution in [-0.4, -0.2) is 96.7 Å². The number of carbonyl (C=O) groups excluding carboxylic acids is 3. The predicted octanol–water partition coefficient (Wildman–Crippen LogP) is 2.01. The molecule has 0 aromatic heterocycles. The molecule has 2 aromatic carbocycles. The summed E-state index contributed by atoms with van der Waals surface area (Å²) in [6.07, 6.45) is 0. The van der Waals surface area contributed by atoms with Gasteiger partial charge < -0.3 is 14.4 Å². The normalized spacial score (nSPS) is 21.2. The zero-order valence-electron chi connectivity index (χ0n) is 20.0. The molecule has 0 bridgehead atoms. The molecule has 2 atom stereocenters. The quantitative estimate of drug-likeness (QED) is 0.538. The minimum atomic E-state index is -0.835.